The smallest absolute Gasteiger partial charge is 0.0108 e. The van der Waals surface area contributed by atoms with E-state index in [1.807, 2.05) is 11.8 Å². The van der Waals surface area contributed by atoms with Crippen molar-refractivity contribution in [2.24, 2.45) is 0 Å². The van der Waals surface area contributed by atoms with Crippen molar-refractivity contribution in [1.29, 1.82) is 0 Å². The summed E-state index contributed by atoms with van der Waals surface area (Å²) in [6.07, 6.45) is 0. The molecular weight excluding hydrogens is 190 g/mol. The van der Waals surface area contributed by atoms with E-state index >= 15 is 0 Å². The molecule has 1 heterocycles. The van der Waals surface area contributed by atoms with Gasteiger partial charge in [0.1, 0.15) is 0 Å². The van der Waals surface area contributed by atoms with Crippen molar-refractivity contribution in [1.82, 2.24) is 5.32 Å². The van der Waals surface area contributed by atoms with Crippen molar-refractivity contribution >= 4 is 11.8 Å². The maximum atomic E-state index is 3.51. The molecule has 0 aromatic heterocycles. The monoisotopic (exact) mass is 207 g/mol. The highest BCUT2D eigenvalue weighted by atomic mass is 32.2. The third kappa shape index (κ3) is 2.12. The van der Waals surface area contributed by atoms with Gasteiger partial charge in [0.2, 0.25) is 0 Å². The quantitative estimate of drug-likeness (QED) is 0.818. The molecule has 2 rings (SSSR count). The van der Waals surface area contributed by atoms with E-state index in [4.69, 9.17) is 0 Å². The normalized spacial score (nSPS) is 20.1. The molecule has 1 atom stereocenters. The second-order valence-corrected chi connectivity index (χ2v) is 5.17. The molecule has 76 valence electrons. The molecule has 0 bridgehead atoms. The molecule has 1 nitrogen and oxygen atoms in total. The number of rotatable bonds is 3. The lowest BCUT2D eigenvalue weighted by atomic mass is 10.0. The van der Waals surface area contributed by atoms with E-state index in [2.05, 4.69) is 43.4 Å². The summed E-state index contributed by atoms with van der Waals surface area (Å²) < 4.78 is 0. The topological polar surface area (TPSA) is 12.0 Å². The highest BCUT2D eigenvalue weighted by molar-refractivity contribution is 7.99. The fraction of sp³-hybridized carbons (Fsp3) is 0.500. The van der Waals surface area contributed by atoms with Crippen LogP contribution in [0, 0.1) is 0 Å². The number of nitrogens with one attached hydrogen (secondary N) is 1. The Morgan fingerprint density at radius 1 is 1.43 bits per heavy atom. The minimum Gasteiger partial charge on any atom is -0.314 e. The molecule has 0 saturated heterocycles. The second kappa shape index (κ2) is 4.37. The maximum Gasteiger partial charge on any atom is 0.0108 e. The van der Waals surface area contributed by atoms with E-state index in [1.165, 1.54) is 16.2 Å². The average Bonchev–Trinajstić information content (AvgIpc) is 2.58. The van der Waals surface area contributed by atoms with Crippen molar-refractivity contribution in [2.45, 2.75) is 30.7 Å². The van der Waals surface area contributed by atoms with E-state index in [0.29, 0.717) is 12.0 Å². The zero-order valence-corrected chi connectivity index (χ0v) is 9.60. The predicted octanol–water partition coefficient (Wildman–Crippen LogP) is 2.87. The highest BCUT2D eigenvalue weighted by Crippen LogP contribution is 2.38. The first-order valence-corrected chi connectivity index (χ1v) is 6.21. The van der Waals surface area contributed by atoms with Gasteiger partial charge in [-0.25, -0.2) is 0 Å². The molecule has 2 heteroatoms. The van der Waals surface area contributed by atoms with Crippen LogP contribution >= 0.6 is 11.8 Å². The molecule has 0 amide bonds. The summed E-state index contributed by atoms with van der Waals surface area (Å²) in [7, 11) is 0. The first kappa shape index (κ1) is 10.1. The molecule has 1 unspecified atom stereocenters. The molecule has 1 N–H and O–H groups in total. The van der Waals surface area contributed by atoms with Crippen molar-refractivity contribution in [3.05, 3.63) is 29.8 Å². The fourth-order valence-electron chi connectivity index (χ4n) is 1.78. The van der Waals surface area contributed by atoms with E-state index < -0.39 is 0 Å². The summed E-state index contributed by atoms with van der Waals surface area (Å²) in [4.78, 5) is 1.48. The third-order valence-electron chi connectivity index (χ3n) is 2.57. The molecule has 14 heavy (non-hydrogen) atoms. The lowest BCUT2D eigenvalue weighted by molar-refractivity contribution is 0.552. The van der Waals surface area contributed by atoms with Crippen LogP contribution in [0.3, 0.4) is 0 Å². The van der Waals surface area contributed by atoms with Crippen LogP contribution < -0.4 is 5.32 Å². The van der Waals surface area contributed by atoms with Crippen LogP contribution in [-0.2, 0) is 0 Å². The van der Waals surface area contributed by atoms with Gasteiger partial charge in [-0.05, 0) is 11.6 Å². The molecule has 1 aromatic carbocycles. The minimum atomic E-state index is 0.591. The largest absolute Gasteiger partial charge is 0.314 e. The second-order valence-electron chi connectivity index (χ2n) is 4.11. The van der Waals surface area contributed by atoms with Gasteiger partial charge in [-0.2, -0.15) is 0 Å². The first-order chi connectivity index (χ1) is 6.77. The summed E-state index contributed by atoms with van der Waals surface area (Å²) in [5, 5.41) is 3.51. The number of hydrogen-bond donors (Lipinski definition) is 1. The summed E-state index contributed by atoms with van der Waals surface area (Å²) >= 11 is 1.99. The van der Waals surface area contributed by atoms with Crippen LogP contribution in [0.2, 0.25) is 0 Å². The summed E-state index contributed by atoms with van der Waals surface area (Å²) in [5.74, 6) is 1.94. The van der Waals surface area contributed by atoms with E-state index in [9.17, 15) is 0 Å². The van der Waals surface area contributed by atoms with Crippen LogP contribution in [-0.4, -0.2) is 18.3 Å². The van der Waals surface area contributed by atoms with Gasteiger partial charge in [-0.3, -0.25) is 0 Å². The van der Waals surface area contributed by atoms with Crippen LogP contribution in [0.15, 0.2) is 29.2 Å². The van der Waals surface area contributed by atoms with Crippen LogP contribution in [0.25, 0.3) is 0 Å². The van der Waals surface area contributed by atoms with Crippen molar-refractivity contribution in [3.8, 4) is 0 Å². The van der Waals surface area contributed by atoms with E-state index in [0.717, 1.165) is 6.54 Å². The van der Waals surface area contributed by atoms with Gasteiger partial charge in [-0.15, -0.1) is 11.8 Å². The van der Waals surface area contributed by atoms with Crippen molar-refractivity contribution < 1.29 is 0 Å². The molecule has 0 fully saturated rings. The van der Waals surface area contributed by atoms with Crippen molar-refractivity contribution in [2.75, 3.05) is 12.3 Å². The Bertz CT molecular complexity index is 309. The molecule has 0 aliphatic carbocycles. The fourth-order valence-corrected chi connectivity index (χ4v) is 3.03. The van der Waals surface area contributed by atoms with Gasteiger partial charge in [0.05, 0.1) is 0 Å². The lowest BCUT2D eigenvalue weighted by Crippen LogP contribution is -2.28. The highest BCUT2D eigenvalue weighted by Gasteiger charge is 2.21. The van der Waals surface area contributed by atoms with Gasteiger partial charge in [0, 0.05) is 29.2 Å². The number of hydrogen-bond acceptors (Lipinski definition) is 2. The molecule has 1 aliphatic heterocycles. The molecule has 0 saturated carbocycles. The lowest BCUT2D eigenvalue weighted by Gasteiger charge is -2.14. The Labute approximate surface area is 90.3 Å². The Morgan fingerprint density at radius 3 is 3.00 bits per heavy atom. The van der Waals surface area contributed by atoms with E-state index in [-0.39, 0.29) is 0 Å². The zero-order valence-electron chi connectivity index (χ0n) is 8.79. The molecule has 1 aliphatic rings. The average molecular weight is 207 g/mol. The zero-order chi connectivity index (χ0) is 9.97. The molecule has 0 spiro atoms. The SMILES string of the molecule is CC(C)NCC1CSc2ccccc21. The third-order valence-corrected chi connectivity index (χ3v) is 3.82. The van der Waals surface area contributed by atoms with Crippen LogP contribution in [0.5, 0.6) is 0 Å². The molecule has 0 radical (unpaired) electrons. The molecular formula is C12H17NS. The molecule has 1 aromatic rings. The first-order valence-electron chi connectivity index (χ1n) is 5.22. The number of benzene rings is 1. The van der Waals surface area contributed by atoms with Gasteiger partial charge >= 0.3 is 0 Å². The summed E-state index contributed by atoms with van der Waals surface area (Å²) in [5.41, 5.74) is 1.53. The van der Waals surface area contributed by atoms with Crippen LogP contribution in [0.4, 0.5) is 0 Å². The van der Waals surface area contributed by atoms with Crippen molar-refractivity contribution in [3.63, 3.8) is 0 Å². The van der Waals surface area contributed by atoms with E-state index in [1.54, 1.807) is 0 Å². The Morgan fingerprint density at radius 2 is 2.21 bits per heavy atom. The number of thioether (sulfide) groups is 1. The summed E-state index contributed by atoms with van der Waals surface area (Å²) in [6.45, 7) is 5.52. The van der Waals surface area contributed by atoms with Gasteiger partial charge < -0.3 is 5.32 Å². The van der Waals surface area contributed by atoms with Gasteiger partial charge in [0.25, 0.3) is 0 Å². The van der Waals surface area contributed by atoms with Gasteiger partial charge in [-0.1, -0.05) is 32.0 Å². The predicted molar refractivity (Wildman–Crippen MR) is 63.0 cm³/mol. The Balaban J connectivity index is 2.03. The minimum absolute atomic E-state index is 0.591. The Kier molecular flexibility index (Phi) is 3.14. The maximum absolute atomic E-state index is 3.51. The van der Waals surface area contributed by atoms with Gasteiger partial charge in [0.15, 0.2) is 0 Å². The number of fused-ring (bicyclic) bond motifs is 1. The standard InChI is InChI=1S/C12H17NS/c1-9(2)13-7-10-8-14-12-6-4-3-5-11(10)12/h3-6,9-10,13H,7-8H2,1-2H3. The Hall–Kier alpha value is -0.470. The summed E-state index contributed by atoms with van der Waals surface area (Å²) in [6, 6.07) is 9.36. The van der Waals surface area contributed by atoms with Crippen LogP contribution in [0.1, 0.15) is 25.3 Å².